The summed E-state index contributed by atoms with van der Waals surface area (Å²) in [7, 11) is 1.37. The van der Waals surface area contributed by atoms with E-state index in [1.54, 1.807) is 0 Å². The highest BCUT2D eigenvalue weighted by Gasteiger charge is 2.32. The number of rotatable bonds is 3. The maximum absolute atomic E-state index is 13.5. The molecule has 0 aliphatic carbocycles. The van der Waals surface area contributed by atoms with Crippen LogP contribution in [-0.4, -0.2) is 31.5 Å². The Morgan fingerprint density at radius 3 is 2.71 bits per heavy atom. The van der Waals surface area contributed by atoms with Crippen LogP contribution < -0.4 is 15.0 Å². The minimum absolute atomic E-state index is 0.0237. The summed E-state index contributed by atoms with van der Waals surface area (Å²) in [6.45, 7) is 4.01. The van der Waals surface area contributed by atoms with Crippen molar-refractivity contribution < 1.29 is 18.7 Å². The summed E-state index contributed by atoms with van der Waals surface area (Å²) >= 11 is 0. The van der Waals surface area contributed by atoms with Gasteiger partial charge in [0, 0.05) is 24.7 Å². The van der Waals surface area contributed by atoms with Crippen LogP contribution in [0.1, 0.15) is 20.3 Å². The number of nitrogens with zero attached hydrogens (tertiary/aromatic N) is 1. The maximum Gasteiger partial charge on any atom is 0.249 e. The van der Waals surface area contributed by atoms with Crippen molar-refractivity contribution in [1.82, 2.24) is 5.32 Å². The van der Waals surface area contributed by atoms with Crippen molar-refractivity contribution in [3.63, 3.8) is 0 Å². The van der Waals surface area contributed by atoms with Crippen molar-refractivity contribution in [3.8, 4) is 5.75 Å². The number of halogens is 1. The molecule has 5 nitrogen and oxygen atoms in total. The molecule has 1 unspecified atom stereocenters. The van der Waals surface area contributed by atoms with E-state index in [4.69, 9.17) is 4.74 Å². The molecule has 114 valence electrons. The average molecular weight is 294 g/mol. The zero-order valence-corrected chi connectivity index (χ0v) is 12.4. The second kappa shape index (κ2) is 6.11. The van der Waals surface area contributed by atoms with Crippen molar-refractivity contribution in [2.24, 2.45) is 5.92 Å². The van der Waals surface area contributed by atoms with Gasteiger partial charge in [-0.05, 0) is 18.1 Å². The fraction of sp³-hybridized carbons (Fsp3) is 0.467. The first-order valence-electron chi connectivity index (χ1n) is 6.88. The van der Waals surface area contributed by atoms with Crippen LogP contribution in [-0.2, 0) is 9.59 Å². The normalized spacial score (nSPS) is 19.5. The molecule has 0 radical (unpaired) electrons. The minimum Gasteiger partial charge on any atom is -0.494 e. The Morgan fingerprint density at radius 1 is 1.38 bits per heavy atom. The molecule has 0 saturated carbocycles. The van der Waals surface area contributed by atoms with Crippen molar-refractivity contribution in [2.45, 2.75) is 26.3 Å². The summed E-state index contributed by atoms with van der Waals surface area (Å²) in [5.74, 6) is -0.782. The summed E-state index contributed by atoms with van der Waals surface area (Å²) in [6, 6.07) is 3.67. The molecular formula is C15H19FN2O3. The van der Waals surface area contributed by atoms with Gasteiger partial charge in [-0.15, -0.1) is 0 Å². The number of benzene rings is 1. The van der Waals surface area contributed by atoms with Crippen molar-refractivity contribution in [3.05, 3.63) is 24.0 Å². The number of ether oxygens (including phenoxy) is 1. The highest BCUT2D eigenvalue weighted by molar-refractivity contribution is 6.01. The van der Waals surface area contributed by atoms with E-state index in [0.29, 0.717) is 5.69 Å². The van der Waals surface area contributed by atoms with E-state index < -0.39 is 11.9 Å². The van der Waals surface area contributed by atoms with Gasteiger partial charge in [-0.25, -0.2) is 4.39 Å². The fourth-order valence-corrected chi connectivity index (χ4v) is 2.32. The van der Waals surface area contributed by atoms with Crippen LogP contribution in [0.5, 0.6) is 5.75 Å². The number of carbonyl (C=O) groups excluding carboxylic acids is 2. The second-order valence-corrected chi connectivity index (χ2v) is 5.35. The number of hydrogen-bond donors (Lipinski definition) is 1. The van der Waals surface area contributed by atoms with E-state index in [9.17, 15) is 14.0 Å². The van der Waals surface area contributed by atoms with E-state index in [-0.39, 0.29) is 36.4 Å². The Labute approximate surface area is 123 Å². The first-order chi connectivity index (χ1) is 9.93. The molecule has 1 heterocycles. The number of hydrogen-bond acceptors (Lipinski definition) is 3. The lowest BCUT2D eigenvalue weighted by molar-refractivity contribution is -0.126. The molecule has 6 heteroatoms. The fourth-order valence-electron chi connectivity index (χ4n) is 2.32. The van der Waals surface area contributed by atoms with Crippen LogP contribution in [0.15, 0.2) is 18.2 Å². The molecule has 21 heavy (non-hydrogen) atoms. The Morgan fingerprint density at radius 2 is 2.10 bits per heavy atom. The molecule has 0 spiro atoms. The number of anilines is 1. The number of amides is 2. The Balaban J connectivity index is 2.36. The summed E-state index contributed by atoms with van der Waals surface area (Å²) in [5, 5.41) is 2.73. The molecule has 1 aliphatic rings. The maximum atomic E-state index is 13.5. The molecule has 1 aromatic rings. The molecular weight excluding hydrogens is 275 g/mol. The van der Waals surface area contributed by atoms with Gasteiger partial charge in [-0.3, -0.25) is 9.59 Å². The standard InChI is InChI=1S/C15H19FN2O3/c1-9(2)14-15(20)18(7-6-13(19)17-14)10-4-5-11(16)12(8-10)21-3/h4-5,8-9,14H,6-7H2,1-3H3,(H,17,19). The van der Waals surface area contributed by atoms with Crippen molar-refractivity contribution >= 4 is 17.5 Å². The van der Waals surface area contributed by atoms with Gasteiger partial charge in [0.25, 0.3) is 0 Å². The predicted molar refractivity (Wildman–Crippen MR) is 76.7 cm³/mol. The second-order valence-electron chi connectivity index (χ2n) is 5.35. The lowest BCUT2D eigenvalue weighted by Crippen LogP contribution is -2.47. The summed E-state index contributed by atoms with van der Waals surface area (Å²) in [6.07, 6.45) is 0.217. The SMILES string of the molecule is COc1cc(N2CCC(=O)NC(C(C)C)C2=O)ccc1F. The number of carbonyl (C=O) groups is 2. The van der Waals surface area contributed by atoms with Crippen LogP contribution in [0.2, 0.25) is 0 Å². The lowest BCUT2D eigenvalue weighted by Gasteiger charge is -2.26. The van der Waals surface area contributed by atoms with Gasteiger partial charge in [-0.2, -0.15) is 0 Å². The Hall–Kier alpha value is -2.11. The van der Waals surface area contributed by atoms with Gasteiger partial charge in [0.2, 0.25) is 11.8 Å². The summed E-state index contributed by atoms with van der Waals surface area (Å²) in [5.41, 5.74) is 0.528. The van der Waals surface area contributed by atoms with Crippen LogP contribution in [0, 0.1) is 11.7 Å². The Bertz CT molecular complexity index is 560. The molecule has 1 atom stereocenters. The van der Waals surface area contributed by atoms with Crippen LogP contribution >= 0.6 is 0 Å². The topological polar surface area (TPSA) is 58.6 Å². The van der Waals surface area contributed by atoms with E-state index in [2.05, 4.69) is 5.32 Å². The number of methoxy groups -OCH3 is 1. The zero-order chi connectivity index (χ0) is 15.6. The lowest BCUT2D eigenvalue weighted by atomic mass is 10.0. The van der Waals surface area contributed by atoms with E-state index in [0.717, 1.165) is 0 Å². The third kappa shape index (κ3) is 3.15. The molecule has 1 aliphatic heterocycles. The Kier molecular flexibility index (Phi) is 4.45. The molecule has 1 saturated heterocycles. The monoisotopic (exact) mass is 294 g/mol. The molecule has 2 rings (SSSR count). The zero-order valence-electron chi connectivity index (χ0n) is 12.4. The molecule has 1 N–H and O–H groups in total. The predicted octanol–water partition coefficient (Wildman–Crippen LogP) is 1.71. The first-order valence-corrected chi connectivity index (χ1v) is 6.88. The van der Waals surface area contributed by atoms with Crippen LogP contribution in [0.25, 0.3) is 0 Å². The number of nitrogens with one attached hydrogen (secondary N) is 1. The molecule has 0 aromatic heterocycles. The van der Waals surface area contributed by atoms with E-state index >= 15 is 0 Å². The molecule has 1 fully saturated rings. The quantitative estimate of drug-likeness (QED) is 0.923. The van der Waals surface area contributed by atoms with Gasteiger partial charge in [0.05, 0.1) is 7.11 Å². The third-order valence-electron chi connectivity index (χ3n) is 3.52. The smallest absolute Gasteiger partial charge is 0.249 e. The van der Waals surface area contributed by atoms with E-state index in [1.807, 2.05) is 13.8 Å². The molecule has 0 bridgehead atoms. The van der Waals surface area contributed by atoms with Gasteiger partial charge in [0.1, 0.15) is 6.04 Å². The first kappa shape index (κ1) is 15.3. The molecule has 1 aromatic carbocycles. The van der Waals surface area contributed by atoms with Crippen molar-refractivity contribution in [1.29, 1.82) is 0 Å². The van der Waals surface area contributed by atoms with Gasteiger partial charge < -0.3 is 15.0 Å². The average Bonchev–Trinajstić information content (AvgIpc) is 2.59. The third-order valence-corrected chi connectivity index (χ3v) is 3.52. The van der Waals surface area contributed by atoms with Gasteiger partial charge in [0.15, 0.2) is 11.6 Å². The van der Waals surface area contributed by atoms with Gasteiger partial charge >= 0.3 is 0 Å². The highest BCUT2D eigenvalue weighted by atomic mass is 19.1. The minimum atomic E-state index is -0.573. The largest absolute Gasteiger partial charge is 0.494 e. The highest BCUT2D eigenvalue weighted by Crippen LogP contribution is 2.26. The van der Waals surface area contributed by atoms with Crippen LogP contribution in [0.3, 0.4) is 0 Å². The summed E-state index contributed by atoms with van der Waals surface area (Å²) in [4.78, 5) is 25.8. The van der Waals surface area contributed by atoms with Crippen LogP contribution in [0.4, 0.5) is 10.1 Å². The molecule has 2 amide bonds. The van der Waals surface area contributed by atoms with Gasteiger partial charge in [-0.1, -0.05) is 13.8 Å². The summed E-state index contributed by atoms with van der Waals surface area (Å²) < 4.78 is 18.4. The van der Waals surface area contributed by atoms with E-state index in [1.165, 1.54) is 30.2 Å². The van der Waals surface area contributed by atoms with Crippen molar-refractivity contribution in [2.75, 3.05) is 18.6 Å².